The number of hydrogen-bond acceptors (Lipinski definition) is 23. The lowest BCUT2D eigenvalue weighted by molar-refractivity contribution is -0.142. The molecule has 1 aliphatic heterocycles. The molecule has 0 aliphatic carbocycles. The number of para-hydroxylation sites is 2. The predicted octanol–water partition coefficient (Wildman–Crippen LogP) is -5.17. The Morgan fingerprint density at radius 1 is 0.477 bits per heavy atom. The van der Waals surface area contributed by atoms with Crippen molar-refractivity contribution in [3.63, 3.8) is 0 Å². The summed E-state index contributed by atoms with van der Waals surface area (Å²) in [6, 6.07) is 6.45. The number of aromatic amines is 2. The minimum atomic E-state index is -1.86. The molecule has 7 rings (SSSR count). The molecule has 17 amide bonds. The number of aliphatic carboxylic acids is 1. The van der Waals surface area contributed by atoms with Gasteiger partial charge in [-0.25, -0.2) is 0 Å². The molecular weight excluding hydrogens is 1710 g/mol. The average Bonchev–Trinajstić information content (AvgIpc) is 1.92. The van der Waals surface area contributed by atoms with Crippen molar-refractivity contribution < 1.29 is 102 Å². The number of aromatic hydroxyl groups is 1. The van der Waals surface area contributed by atoms with Gasteiger partial charge in [-0.1, -0.05) is 92.7 Å². The van der Waals surface area contributed by atoms with Gasteiger partial charge in [0.2, 0.25) is 100 Å². The molecule has 0 unspecified atom stereocenters. The highest BCUT2D eigenvalue weighted by molar-refractivity contribution is 7.80. The number of aliphatic hydroxyl groups is 1. The van der Waals surface area contributed by atoms with Crippen LogP contribution in [0.25, 0.3) is 21.8 Å². The number of primary amides is 3. The molecule has 0 radical (unpaired) electrons. The Bertz CT molecular complexity index is 5000. The maximum absolute atomic E-state index is 15.3. The van der Waals surface area contributed by atoms with Crippen LogP contribution in [0.15, 0.2) is 116 Å². The molecule has 1 saturated heterocycles. The highest BCUT2D eigenvalue weighted by Crippen LogP contribution is 2.24. The third-order valence-electron chi connectivity index (χ3n) is 20.5. The Labute approximate surface area is 745 Å². The van der Waals surface area contributed by atoms with Crippen LogP contribution >= 0.6 is 25.3 Å². The van der Waals surface area contributed by atoms with E-state index in [0.29, 0.717) is 50.5 Å². The summed E-state index contributed by atoms with van der Waals surface area (Å²) in [5.41, 5.74) is 24.9. The van der Waals surface area contributed by atoms with E-state index in [9.17, 15) is 92.0 Å². The van der Waals surface area contributed by atoms with Gasteiger partial charge in [0.05, 0.1) is 26.0 Å². The van der Waals surface area contributed by atoms with Crippen LogP contribution in [0, 0.1) is 11.3 Å². The van der Waals surface area contributed by atoms with E-state index in [2.05, 4.69) is 110 Å². The summed E-state index contributed by atoms with van der Waals surface area (Å²) in [5.74, 6) is -20.2. The number of phenols is 1. The molecule has 1 aliphatic rings. The number of nitrogens with zero attached hydrogens (tertiary/aromatic N) is 1. The second-order valence-electron chi connectivity index (χ2n) is 30.9. The molecule has 1 fully saturated rings. The zero-order valence-corrected chi connectivity index (χ0v) is 72.1. The maximum atomic E-state index is 15.3. The number of benzene rings is 4. The number of phenolic OH excluding ortho intramolecular Hbond substituents is 1. The van der Waals surface area contributed by atoms with Crippen molar-refractivity contribution in [2.75, 3.05) is 37.7 Å². The number of thiol groups is 2. The summed E-state index contributed by atoms with van der Waals surface area (Å²) in [6.45, 7) is 2.76. The average molecular weight is 1820 g/mol. The fraction of sp³-hybridized carbons (Fsp3) is 0.434. The highest BCUT2D eigenvalue weighted by atomic mass is 32.1. The molecule has 0 saturated carbocycles. The largest absolute Gasteiger partial charge is 0.508 e. The monoisotopic (exact) mass is 1810 g/mol. The second kappa shape index (κ2) is 49.7. The normalized spacial score (nSPS) is 15.1. The highest BCUT2D eigenvalue weighted by Gasteiger charge is 2.41. The number of carbonyl (C=O) groups is 18. The van der Waals surface area contributed by atoms with Crippen LogP contribution in [-0.2, 0) is 112 Å². The third kappa shape index (κ3) is 31.7. The standard InChI is InChI=1S/C83H110N22O21S2/c1-42(2)29-56(74(118)102-61(34-67(85)110)78(122)98-57(30-44-13-5-4-6-14-44)71(115)92-38-68(111)105-28-12-20-65(105)82(126)96-55(70(86)114)35-69(112)113)97-77(121)60(33-47-37-91-52-18-10-8-16-50(47)52)100-75(119)58(31-45-21-23-48(108)24-22-45)99-81(125)64(41-128)104-73(117)54(25-26-66(84)109)95-76(120)59(32-46-36-90-51-17-9-7-15-49(46)51)101-79(123)62(39-106)103-72(116)53(19-11-27-89-83(87)88)94-80(124)63(40-127)93-43(3)107/h4-10,13-18,21-24,36-37,42,53-65,90-91,106,108,127-128H,11-12,19-20,25-35,38-41H2,1-3H3,(H2,84,109)(H2,85,110)(H2,86,114)(H,92,115)(H,93,107)(H,94,124)(H,95,120)(H,96,126)(H,97,121)(H,98,122)(H,99,125)(H,100,119)(H,101,123)(H,102,118)(H,103,116)(H,104,117)(H,112,113)(H4,87,88,89)/t53-,54-,55-,56-,57-,58-,59-,60-,61-,62-,63-,64-,65-/m0/s1. The van der Waals surface area contributed by atoms with Crippen molar-refractivity contribution in [2.24, 2.45) is 28.9 Å². The number of H-pyrrole nitrogens is 2. The van der Waals surface area contributed by atoms with E-state index in [4.69, 9.17) is 28.3 Å². The summed E-state index contributed by atoms with van der Waals surface area (Å²) in [4.78, 5) is 256. The lowest BCUT2D eigenvalue weighted by atomic mass is 9.99. The fourth-order valence-corrected chi connectivity index (χ4v) is 14.5. The molecule has 0 spiro atoms. The third-order valence-corrected chi connectivity index (χ3v) is 21.3. The van der Waals surface area contributed by atoms with E-state index < -0.39 is 248 Å². The molecule has 0 bridgehead atoms. The lowest BCUT2D eigenvalue weighted by Crippen LogP contribution is -2.62. The van der Waals surface area contributed by atoms with Gasteiger partial charge in [0.1, 0.15) is 84.3 Å². The Kier molecular flexibility index (Phi) is 39.3. The zero-order valence-electron chi connectivity index (χ0n) is 70.3. The molecule has 6 aromatic rings. The summed E-state index contributed by atoms with van der Waals surface area (Å²) >= 11 is 8.52. The van der Waals surface area contributed by atoms with Gasteiger partial charge in [-0.15, -0.1) is 0 Å². The Morgan fingerprint density at radius 3 is 1.40 bits per heavy atom. The van der Waals surface area contributed by atoms with Crippen molar-refractivity contribution in [1.82, 2.24) is 89.3 Å². The van der Waals surface area contributed by atoms with Crippen molar-refractivity contribution in [2.45, 2.75) is 183 Å². The van der Waals surface area contributed by atoms with E-state index in [-0.39, 0.29) is 69.5 Å². The number of nitrogens with two attached hydrogens (primary N) is 4. The van der Waals surface area contributed by atoms with Crippen LogP contribution in [0.3, 0.4) is 0 Å². The minimum absolute atomic E-state index is 0.0214. The number of fused-ring (bicyclic) bond motifs is 2. The quantitative estimate of drug-likeness (QED) is 0.00735. The number of carbonyl (C=O) groups excluding carboxylic acids is 17. The van der Waals surface area contributed by atoms with Crippen LogP contribution < -0.4 is 97.4 Å². The first kappa shape index (κ1) is 101. The number of aliphatic hydroxyl groups excluding tert-OH is 1. The summed E-state index contributed by atoms with van der Waals surface area (Å²) in [6.07, 6.45) is -0.860. The molecule has 4 aromatic carbocycles. The number of carboxylic acid groups (broad SMARTS) is 1. The molecule has 13 atom stereocenters. The van der Waals surface area contributed by atoms with Crippen LogP contribution in [0.4, 0.5) is 0 Å². The van der Waals surface area contributed by atoms with Gasteiger partial charge in [-0.3, -0.25) is 91.7 Å². The van der Waals surface area contributed by atoms with Crippen LogP contribution in [0.2, 0.25) is 0 Å². The SMILES string of the molecule is CC(=O)N[C@@H](CS)C(=O)N[C@@H](CCCNC(=N)N)C(=O)N[C@@H](CO)C(=O)N[C@@H](Cc1c[nH]c2ccccc12)C(=O)N[C@@H](CCC(N)=O)C(=O)N[C@@H](CS)C(=O)N[C@@H](Cc1ccc(O)cc1)C(=O)N[C@@H](Cc1c[nH]c2ccccc12)C(=O)N[C@@H](CC(C)C)C(=O)N[C@@H](CC(N)=O)C(=O)N[C@@H](Cc1ccccc1)C(=O)NCC(=O)N1CCC[C@H]1C(=O)N[C@@H](CC(=O)O)C(N)=O. The molecule has 43 nitrogen and oxygen atoms in total. The van der Waals surface area contributed by atoms with Gasteiger partial charge in [0.15, 0.2) is 5.96 Å². The lowest BCUT2D eigenvalue weighted by Gasteiger charge is -2.28. The van der Waals surface area contributed by atoms with Gasteiger partial charge in [-0.2, -0.15) is 25.3 Å². The van der Waals surface area contributed by atoms with E-state index in [1.54, 1.807) is 98.9 Å². The van der Waals surface area contributed by atoms with Crippen LogP contribution in [0.1, 0.15) is 101 Å². The number of nitrogens with one attached hydrogen (secondary N) is 17. The van der Waals surface area contributed by atoms with Gasteiger partial charge in [-0.05, 0) is 91.0 Å². The second-order valence-corrected chi connectivity index (χ2v) is 31.6. The number of amides is 17. The molecule has 45 heteroatoms. The fourth-order valence-electron chi connectivity index (χ4n) is 14.0. The number of aromatic nitrogens is 2. The topological polar surface area (TPSA) is 699 Å². The number of carboxylic acids is 1. The summed E-state index contributed by atoms with van der Waals surface area (Å²) in [7, 11) is 0. The van der Waals surface area contributed by atoms with Crippen molar-refractivity contribution >= 4 is 159 Å². The van der Waals surface area contributed by atoms with Gasteiger partial charge in [0.25, 0.3) is 0 Å². The zero-order chi connectivity index (χ0) is 94.0. The Balaban J connectivity index is 1.13. The summed E-state index contributed by atoms with van der Waals surface area (Å²) in [5, 5.41) is 74.1. The maximum Gasteiger partial charge on any atom is 0.305 e. The Hall–Kier alpha value is -13.9. The van der Waals surface area contributed by atoms with E-state index in [0.717, 1.165) is 11.8 Å². The van der Waals surface area contributed by atoms with E-state index in [1.807, 2.05) is 0 Å². The molecule has 3 heterocycles. The number of likely N-dealkylation sites (tertiary alicyclic amines) is 1. The smallest absolute Gasteiger partial charge is 0.305 e. The van der Waals surface area contributed by atoms with E-state index in [1.165, 1.54) is 30.5 Å². The molecule has 28 N–H and O–H groups in total. The molecule has 2 aromatic heterocycles. The molecule has 128 heavy (non-hydrogen) atoms. The van der Waals surface area contributed by atoms with Gasteiger partial charge >= 0.3 is 5.97 Å². The first-order chi connectivity index (χ1) is 60.8. The molecular formula is C83H110N22O21S2. The first-order valence-electron chi connectivity index (χ1n) is 40.9. The minimum Gasteiger partial charge on any atom is -0.508 e. The van der Waals surface area contributed by atoms with Crippen molar-refractivity contribution in [1.29, 1.82) is 5.41 Å². The van der Waals surface area contributed by atoms with Crippen LogP contribution in [0.5, 0.6) is 5.75 Å². The Morgan fingerprint density at radius 2 is 0.906 bits per heavy atom. The van der Waals surface area contributed by atoms with Crippen molar-refractivity contribution in [3.8, 4) is 5.75 Å². The number of rotatable bonds is 51. The van der Waals surface area contributed by atoms with Gasteiger partial charge < -0.3 is 128 Å². The first-order valence-corrected chi connectivity index (χ1v) is 42.2. The van der Waals surface area contributed by atoms with E-state index >= 15 is 9.59 Å². The van der Waals surface area contributed by atoms with Crippen LogP contribution in [-0.4, -0.2) is 259 Å². The van der Waals surface area contributed by atoms with Crippen molar-refractivity contribution in [3.05, 3.63) is 138 Å². The summed E-state index contributed by atoms with van der Waals surface area (Å²) < 4.78 is 0. The van der Waals surface area contributed by atoms with Gasteiger partial charge in [0, 0.05) is 97.8 Å². The predicted molar refractivity (Wildman–Crippen MR) is 470 cm³/mol. The number of guanidine groups is 1. The number of hydrogen-bond donors (Lipinski definition) is 26. The molecule has 690 valence electrons.